The Morgan fingerprint density at radius 2 is 2.10 bits per heavy atom. The summed E-state index contributed by atoms with van der Waals surface area (Å²) in [6.45, 7) is 2.42. The molecule has 1 aromatic carbocycles. The Labute approximate surface area is 118 Å². The van der Waals surface area contributed by atoms with E-state index in [4.69, 9.17) is 5.73 Å². The Balaban J connectivity index is 1.94. The number of aromatic nitrogens is 2. The molecule has 1 amide bonds. The summed E-state index contributed by atoms with van der Waals surface area (Å²) in [5.41, 5.74) is 8.87. The molecule has 0 spiro atoms. The minimum Gasteiger partial charge on any atom is -0.326 e. The summed E-state index contributed by atoms with van der Waals surface area (Å²) in [5, 5.41) is 7.02. The van der Waals surface area contributed by atoms with E-state index >= 15 is 0 Å². The highest BCUT2D eigenvalue weighted by atomic mass is 16.1. The number of nitrogens with two attached hydrogens (primary N) is 1. The van der Waals surface area contributed by atoms with Gasteiger partial charge in [-0.1, -0.05) is 24.3 Å². The highest BCUT2D eigenvalue weighted by molar-refractivity contribution is 5.90. The second-order valence-corrected chi connectivity index (χ2v) is 4.86. The van der Waals surface area contributed by atoms with Crippen molar-refractivity contribution in [2.75, 3.05) is 5.32 Å². The van der Waals surface area contributed by atoms with Gasteiger partial charge in [0.1, 0.15) is 0 Å². The van der Waals surface area contributed by atoms with Gasteiger partial charge in [0, 0.05) is 31.8 Å². The molecule has 0 bridgehead atoms. The third-order valence-electron chi connectivity index (χ3n) is 3.26. The molecule has 0 atom stereocenters. The Morgan fingerprint density at radius 1 is 1.35 bits per heavy atom. The van der Waals surface area contributed by atoms with E-state index in [9.17, 15) is 4.79 Å². The van der Waals surface area contributed by atoms with Gasteiger partial charge in [0.05, 0.1) is 0 Å². The van der Waals surface area contributed by atoms with Gasteiger partial charge in [0.15, 0.2) is 5.82 Å². The molecule has 106 valence electrons. The number of hydrogen-bond donors (Lipinski definition) is 2. The lowest BCUT2D eigenvalue weighted by Gasteiger charge is -2.06. The van der Waals surface area contributed by atoms with Gasteiger partial charge in [-0.05, 0) is 24.5 Å². The lowest BCUT2D eigenvalue weighted by Crippen LogP contribution is -2.15. The molecule has 0 fully saturated rings. The maximum atomic E-state index is 12.0. The van der Waals surface area contributed by atoms with E-state index in [1.54, 1.807) is 4.68 Å². The summed E-state index contributed by atoms with van der Waals surface area (Å²) in [6.07, 6.45) is 2.98. The third-order valence-corrected chi connectivity index (χ3v) is 3.26. The predicted octanol–water partition coefficient (Wildman–Crippen LogP) is 1.76. The van der Waals surface area contributed by atoms with E-state index in [1.807, 2.05) is 25.4 Å². The van der Waals surface area contributed by atoms with Crippen molar-refractivity contribution in [2.45, 2.75) is 26.3 Å². The van der Waals surface area contributed by atoms with E-state index < -0.39 is 0 Å². The summed E-state index contributed by atoms with van der Waals surface area (Å²) in [7, 11) is 1.81. The molecule has 0 unspecified atom stereocenters. The average molecular weight is 272 g/mol. The van der Waals surface area contributed by atoms with Crippen LogP contribution in [0.5, 0.6) is 0 Å². The van der Waals surface area contributed by atoms with Crippen molar-refractivity contribution in [3.63, 3.8) is 0 Å². The van der Waals surface area contributed by atoms with Crippen molar-refractivity contribution >= 4 is 11.7 Å². The molecule has 0 aliphatic heterocycles. The molecule has 0 saturated heterocycles. The van der Waals surface area contributed by atoms with Gasteiger partial charge in [-0.3, -0.25) is 9.48 Å². The van der Waals surface area contributed by atoms with Gasteiger partial charge < -0.3 is 11.1 Å². The summed E-state index contributed by atoms with van der Waals surface area (Å²) in [6, 6.07) is 8.10. The quantitative estimate of drug-likeness (QED) is 0.871. The summed E-state index contributed by atoms with van der Waals surface area (Å²) < 4.78 is 1.65. The van der Waals surface area contributed by atoms with Crippen LogP contribution in [0.3, 0.4) is 0 Å². The van der Waals surface area contributed by atoms with Gasteiger partial charge in [0.2, 0.25) is 5.91 Å². The van der Waals surface area contributed by atoms with Crippen LogP contribution in [0, 0.1) is 6.92 Å². The smallest absolute Gasteiger partial charge is 0.225 e. The Kier molecular flexibility index (Phi) is 4.53. The maximum absolute atomic E-state index is 12.0. The average Bonchev–Trinajstić information content (AvgIpc) is 2.78. The van der Waals surface area contributed by atoms with Crippen molar-refractivity contribution in [1.29, 1.82) is 0 Å². The van der Waals surface area contributed by atoms with Crippen LogP contribution in [0.15, 0.2) is 30.5 Å². The molecule has 5 nitrogen and oxygen atoms in total. The van der Waals surface area contributed by atoms with Crippen molar-refractivity contribution in [2.24, 2.45) is 12.8 Å². The maximum Gasteiger partial charge on any atom is 0.225 e. The van der Waals surface area contributed by atoms with Crippen molar-refractivity contribution in [1.82, 2.24) is 9.78 Å². The lowest BCUT2D eigenvalue weighted by molar-refractivity contribution is -0.116. The molecule has 0 aliphatic rings. The monoisotopic (exact) mass is 272 g/mol. The minimum absolute atomic E-state index is 0.0401. The van der Waals surface area contributed by atoms with Crippen molar-refractivity contribution in [3.8, 4) is 0 Å². The number of aryl methyl sites for hydroxylation is 3. The largest absolute Gasteiger partial charge is 0.326 e. The molecule has 0 saturated carbocycles. The fourth-order valence-corrected chi connectivity index (χ4v) is 2.13. The summed E-state index contributed by atoms with van der Waals surface area (Å²) >= 11 is 0. The highest BCUT2D eigenvalue weighted by Crippen LogP contribution is 2.13. The fourth-order valence-electron chi connectivity index (χ4n) is 2.13. The lowest BCUT2D eigenvalue weighted by atomic mass is 10.0. The highest BCUT2D eigenvalue weighted by Gasteiger charge is 2.10. The van der Waals surface area contributed by atoms with Crippen LogP contribution in [-0.4, -0.2) is 15.7 Å². The summed E-state index contributed by atoms with van der Waals surface area (Å²) in [5.74, 6) is 0.520. The Hall–Kier alpha value is -2.14. The van der Waals surface area contributed by atoms with Gasteiger partial charge in [0.25, 0.3) is 0 Å². The van der Waals surface area contributed by atoms with E-state index in [1.165, 1.54) is 11.1 Å². The van der Waals surface area contributed by atoms with Crippen molar-refractivity contribution in [3.05, 3.63) is 47.2 Å². The summed E-state index contributed by atoms with van der Waals surface area (Å²) in [4.78, 5) is 12.0. The molecule has 20 heavy (non-hydrogen) atoms. The zero-order valence-electron chi connectivity index (χ0n) is 11.9. The molecule has 3 N–H and O–H groups in total. The van der Waals surface area contributed by atoms with Gasteiger partial charge >= 0.3 is 0 Å². The van der Waals surface area contributed by atoms with Crippen LogP contribution >= 0.6 is 0 Å². The standard InChI is InChI=1S/C15H20N4O/c1-11-5-3-4-6-12(11)7-8-14(20)17-15-13(9-16)10-19(2)18-15/h3-6,10H,7-9,16H2,1-2H3,(H,17,18,20). The molecular weight excluding hydrogens is 252 g/mol. The number of nitrogens with zero attached hydrogens (tertiary/aromatic N) is 2. The second kappa shape index (κ2) is 6.34. The van der Waals surface area contributed by atoms with Gasteiger partial charge in [-0.2, -0.15) is 5.10 Å². The third kappa shape index (κ3) is 3.45. The SMILES string of the molecule is Cc1ccccc1CCC(=O)Nc1nn(C)cc1CN. The van der Waals surface area contributed by atoms with Crippen LogP contribution in [0.4, 0.5) is 5.82 Å². The van der Waals surface area contributed by atoms with Gasteiger partial charge in [-0.15, -0.1) is 0 Å². The van der Waals surface area contributed by atoms with Crippen LogP contribution < -0.4 is 11.1 Å². The van der Waals surface area contributed by atoms with Crippen LogP contribution in [-0.2, 0) is 24.8 Å². The van der Waals surface area contributed by atoms with Crippen molar-refractivity contribution < 1.29 is 4.79 Å². The number of rotatable bonds is 5. The molecule has 0 aliphatic carbocycles. The molecule has 0 radical (unpaired) electrons. The number of carbonyl (C=O) groups is 1. The fraction of sp³-hybridized carbons (Fsp3) is 0.333. The van der Waals surface area contributed by atoms with Gasteiger partial charge in [-0.25, -0.2) is 0 Å². The number of amides is 1. The van der Waals surface area contributed by atoms with Crippen LogP contribution in [0.25, 0.3) is 0 Å². The first-order valence-corrected chi connectivity index (χ1v) is 6.67. The first-order chi connectivity index (χ1) is 9.60. The normalized spacial score (nSPS) is 10.6. The first-order valence-electron chi connectivity index (χ1n) is 6.67. The first kappa shape index (κ1) is 14.3. The number of benzene rings is 1. The Morgan fingerprint density at radius 3 is 2.80 bits per heavy atom. The van der Waals surface area contributed by atoms with E-state index in [2.05, 4.69) is 29.5 Å². The van der Waals surface area contributed by atoms with Crippen LogP contribution in [0.2, 0.25) is 0 Å². The number of anilines is 1. The number of nitrogens with one attached hydrogen (secondary N) is 1. The molecule has 2 aromatic rings. The zero-order chi connectivity index (χ0) is 14.5. The molecule has 1 heterocycles. The molecule has 1 aromatic heterocycles. The molecule has 5 heteroatoms. The number of carbonyl (C=O) groups excluding carboxylic acids is 1. The van der Waals surface area contributed by atoms with E-state index in [0.717, 1.165) is 12.0 Å². The topological polar surface area (TPSA) is 72.9 Å². The predicted molar refractivity (Wildman–Crippen MR) is 79.2 cm³/mol. The zero-order valence-corrected chi connectivity index (χ0v) is 11.9. The Bertz CT molecular complexity index is 604. The molecule has 2 rings (SSSR count). The van der Waals surface area contributed by atoms with Crippen LogP contribution in [0.1, 0.15) is 23.1 Å². The minimum atomic E-state index is -0.0401. The van der Waals surface area contributed by atoms with E-state index in [0.29, 0.717) is 18.8 Å². The van der Waals surface area contributed by atoms with E-state index in [-0.39, 0.29) is 5.91 Å². The molecular formula is C15H20N4O. The second-order valence-electron chi connectivity index (χ2n) is 4.86. The number of hydrogen-bond acceptors (Lipinski definition) is 3.